The van der Waals surface area contributed by atoms with Crippen molar-refractivity contribution < 1.29 is 14.2 Å². The van der Waals surface area contributed by atoms with Crippen LogP contribution in [0.4, 0.5) is 0 Å². The molecule has 4 aromatic rings. The van der Waals surface area contributed by atoms with Crippen LogP contribution in [0.25, 0.3) is 10.9 Å². The summed E-state index contributed by atoms with van der Waals surface area (Å²) in [6.07, 6.45) is 1.60. The number of halogens is 2. The highest BCUT2D eigenvalue weighted by atomic mass is 79.9. The van der Waals surface area contributed by atoms with Gasteiger partial charge in [0, 0.05) is 14.5 Å². The van der Waals surface area contributed by atoms with Gasteiger partial charge in [0.1, 0.15) is 18.2 Å². The van der Waals surface area contributed by atoms with Gasteiger partial charge in [-0.1, -0.05) is 37.9 Å². The van der Waals surface area contributed by atoms with Crippen molar-refractivity contribution in [1.82, 2.24) is 9.66 Å². The van der Waals surface area contributed by atoms with Gasteiger partial charge in [0.05, 0.1) is 17.1 Å². The Morgan fingerprint density at radius 3 is 2.73 bits per heavy atom. The van der Waals surface area contributed by atoms with Gasteiger partial charge in [-0.05, 0) is 61.0 Å². The minimum atomic E-state index is -0.243. The SMILES string of the molecule is Cc1nc2ccc(Br)cc2c(=O)n1N=Cc1cc(Br)ccc1OCc1ccc2c(c1)OCO2. The number of aryl methyl sites for hydroxylation is 1. The zero-order valence-electron chi connectivity index (χ0n) is 17.4. The minimum Gasteiger partial charge on any atom is -0.488 e. The summed E-state index contributed by atoms with van der Waals surface area (Å²) in [5.74, 6) is 2.55. The average Bonchev–Trinajstić information content (AvgIpc) is 3.27. The zero-order chi connectivity index (χ0) is 22.9. The molecule has 0 aliphatic carbocycles. The number of fused-ring (bicyclic) bond motifs is 2. The average molecular weight is 571 g/mol. The molecular weight excluding hydrogens is 554 g/mol. The molecule has 5 rings (SSSR count). The third-order valence-corrected chi connectivity index (χ3v) is 6.07. The maximum atomic E-state index is 13.0. The van der Waals surface area contributed by atoms with Crippen molar-refractivity contribution >= 4 is 49.0 Å². The second kappa shape index (κ2) is 8.99. The summed E-state index contributed by atoms with van der Waals surface area (Å²) in [6.45, 7) is 2.31. The van der Waals surface area contributed by atoms with E-state index in [1.165, 1.54) is 4.68 Å². The van der Waals surface area contributed by atoms with Gasteiger partial charge in [-0.15, -0.1) is 0 Å². The fourth-order valence-electron chi connectivity index (χ4n) is 3.46. The monoisotopic (exact) mass is 569 g/mol. The molecule has 2 heterocycles. The highest BCUT2D eigenvalue weighted by Gasteiger charge is 2.14. The van der Waals surface area contributed by atoms with E-state index in [9.17, 15) is 4.79 Å². The lowest BCUT2D eigenvalue weighted by molar-refractivity contribution is 0.174. The van der Waals surface area contributed by atoms with Crippen molar-refractivity contribution in [2.75, 3.05) is 6.79 Å². The number of hydrogen-bond acceptors (Lipinski definition) is 6. The molecule has 0 atom stereocenters. The fourth-order valence-corrected chi connectivity index (χ4v) is 4.20. The van der Waals surface area contributed by atoms with Crippen LogP contribution in [0.15, 0.2) is 73.4 Å². The molecule has 1 aliphatic heterocycles. The van der Waals surface area contributed by atoms with Gasteiger partial charge in [-0.2, -0.15) is 9.78 Å². The molecule has 0 fully saturated rings. The smallest absolute Gasteiger partial charge is 0.282 e. The second-order valence-electron chi connectivity index (χ2n) is 7.34. The first-order chi connectivity index (χ1) is 16.0. The molecule has 0 saturated carbocycles. The van der Waals surface area contributed by atoms with Crippen LogP contribution in [0.5, 0.6) is 17.2 Å². The van der Waals surface area contributed by atoms with Crippen molar-refractivity contribution in [3.05, 3.63) is 90.8 Å². The lowest BCUT2D eigenvalue weighted by Gasteiger charge is -2.11. The first-order valence-electron chi connectivity index (χ1n) is 10.0. The molecule has 3 aromatic carbocycles. The molecule has 0 radical (unpaired) electrons. The van der Waals surface area contributed by atoms with E-state index in [1.54, 1.807) is 25.3 Å². The predicted octanol–water partition coefficient (Wildman–Crippen LogP) is 5.42. The summed E-state index contributed by atoms with van der Waals surface area (Å²) in [5.41, 5.74) is 2.04. The molecule has 0 spiro atoms. The third-order valence-electron chi connectivity index (χ3n) is 5.09. The molecule has 166 valence electrons. The Bertz CT molecular complexity index is 1470. The van der Waals surface area contributed by atoms with Crippen molar-refractivity contribution in [2.24, 2.45) is 5.10 Å². The Labute approximate surface area is 205 Å². The lowest BCUT2D eigenvalue weighted by atomic mass is 10.2. The Hall–Kier alpha value is -3.17. The van der Waals surface area contributed by atoms with Gasteiger partial charge in [-0.3, -0.25) is 4.79 Å². The van der Waals surface area contributed by atoms with Gasteiger partial charge in [-0.25, -0.2) is 4.98 Å². The number of hydrogen-bond donors (Lipinski definition) is 0. The zero-order valence-corrected chi connectivity index (χ0v) is 20.6. The summed E-state index contributed by atoms with van der Waals surface area (Å²) >= 11 is 6.89. The Kier molecular flexibility index (Phi) is 5.90. The molecule has 0 unspecified atom stereocenters. The van der Waals surface area contributed by atoms with Gasteiger partial charge < -0.3 is 14.2 Å². The number of rotatable bonds is 5. The maximum absolute atomic E-state index is 13.0. The minimum absolute atomic E-state index is 0.229. The van der Waals surface area contributed by atoms with Crippen LogP contribution in [0, 0.1) is 6.92 Å². The van der Waals surface area contributed by atoms with Crippen LogP contribution in [0.2, 0.25) is 0 Å². The summed E-state index contributed by atoms with van der Waals surface area (Å²) in [7, 11) is 0. The van der Waals surface area contributed by atoms with E-state index in [1.807, 2.05) is 42.5 Å². The largest absolute Gasteiger partial charge is 0.488 e. The number of aromatic nitrogens is 2. The lowest BCUT2D eigenvalue weighted by Crippen LogP contribution is -2.20. The molecule has 1 aromatic heterocycles. The Balaban J connectivity index is 1.44. The van der Waals surface area contributed by atoms with E-state index in [2.05, 4.69) is 41.9 Å². The molecule has 33 heavy (non-hydrogen) atoms. The van der Waals surface area contributed by atoms with Crippen molar-refractivity contribution in [2.45, 2.75) is 13.5 Å². The topological polar surface area (TPSA) is 74.9 Å². The van der Waals surface area contributed by atoms with Crippen molar-refractivity contribution in [3.8, 4) is 17.2 Å². The molecule has 9 heteroatoms. The molecule has 7 nitrogen and oxygen atoms in total. The summed E-state index contributed by atoms with van der Waals surface area (Å²) in [6, 6.07) is 16.7. The second-order valence-corrected chi connectivity index (χ2v) is 9.17. The fraction of sp³-hybridized carbons (Fsp3) is 0.125. The van der Waals surface area contributed by atoms with E-state index in [4.69, 9.17) is 14.2 Å². The predicted molar refractivity (Wildman–Crippen MR) is 132 cm³/mol. The van der Waals surface area contributed by atoms with E-state index >= 15 is 0 Å². The van der Waals surface area contributed by atoms with Crippen LogP contribution in [0.1, 0.15) is 17.0 Å². The summed E-state index contributed by atoms with van der Waals surface area (Å²) in [4.78, 5) is 17.5. The molecule has 0 saturated heterocycles. The first-order valence-corrected chi connectivity index (χ1v) is 11.6. The van der Waals surface area contributed by atoms with E-state index in [-0.39, 0.29) is 12.4 Å². The van der Waals surface area contributed by atoms with Gasteiger partial charge in [0.15, 0.2) is 11.5 Å². The molecular formula is C24H17Br2N3O4. The first kappa shape index (κ1) is 21.7. The highest BCUT2D eigenvalue weighted by Crippen LogP contribution is 2.33. The summed E-state index contributed by atoms with van der Waals surface area (Å²) in [5, 5.41) is 4.91. The van der Waals surface area contributed by atoms with E-state index in [0.29, 0.717) is 40.4 Å². The number of ether oxygens (including phenoxy) is 3. The van der Waals surface area contributed by atoms with Crippen LogP contribution < -0.4 is 19.8 Å². The van der Waals surface area contributed by atoms with Crippen LogP contribution in [-0.4, -0.2) is 22.7 Å². The van der Waals surface area contributed by atoms with E-state index in [0.717, 1.165) is 20.3 Å². The molecule has 0 N–H and O–H groups in total. The van der Waals surface area contributed by atoms with E-state index < -0.39 is 0 Å². The normalized spacial score (nSPS) is 12.6. The van der Waals surface area contributed by atoms with Crippen molar-refractivity contribution in [3.63, 3.8) is 0 Å². The van der Waals surface area contributed by atoms with Crippen LogP contribution in [-0.2, 0) is 6.61 Å². The highest BCUT2D eigenvalue weighted by molar-refractivity contribution is 9.10. The van der Waals surface area contributed by atoms with Gasteiger partial charge in [0.25, 0.3) is 5.56 Å². The number of nitrogens with zero attached hydrogens (tertiary/aromatic N) is 3. The van der Waals surface area contributed by atoms with Gasteiger partial charge >= 0.3 is 0 Å². The Morgan fingerprint density at radius 2 is 1.85 bits per heavy atom. The standard InChI is InChI=1S/C24H17Br2N3O4/c1-14-28-20-5-3-18(26)10-19(20)24(30)29(14)27-11-16-9-17(25)4-7-21(16)31-12-15-2-6-22-23(8-15)33-13-32-22/h2-11H,12-13H2,1H3. The Morgan fingerprint density at radius 1 is 1.06 bits per heavy atom. The number of benzene rings is 3. The molecule has 0 amide bonds. The van der Waals surface area contributed by atoms with Crippen molar-refractivity contribution in [1.29, 1.82) is 0 Å². The quantitative estimate of drug-likeness (QED) is 0.300. The maximum Gasteiger partial charge on any atom is 0.282 e. The molecule has 1 aliphatic rings. The van der Waals surface area contributed by atoms with Crippen LogP contribution >= 0.6 is 31.9 Å². The molecule has 0 bridgehead atoms. The van der Waals surface area contributed by atoms with Crippen LogP contribution in [0.3, 0.4) is 0 Å². The van der Waals surface area contributed by atoms with Gasteiger partial charge in [0.2, 0.25) is 6.79 Å². The summed E-state index contributed by atoms with van der Waals surface area (Å²) < 4.78 is 19.8. The third kappa shape index (κ3) is 4.51.